The second kappa shape index (κ2) is 8.53. The summed E-state index contributed by atoms with van der Waals surface area (Å²) in [6.45, 7) is 2.81. The molecule has 142 valence electrons. The van der Waals surface area contributed by atoms with Crippen LogP contribution in [-0.4, -0.2) is 11.3 Å². The van der Waals surface area contributed by atoms with Gasteiger partial charge in [0, 0.05) is 24.5 Å². The molecule has 3 heteroatoms. The van der Waals surface area contributed by atoms with E-state index in [0.29, 0.717) is 12.1 Å². The Morgan fingerprint density at radius 1 is 0.828 bits per heavy atom. The number of hydrogen-bond donors (Lipinski definition) is 1. The molecule has 0 aliphatic rings. The lowest BCUT2D eigenvalue weighted by atomic mass is 9.89. The molecule has 0 saturated carbocycles. The number of carbonyl (C=O) groups excluding carboxylic acids is 1. The highest BCUT2D eigenvalue weighted by atomic mass is 16.1. The van der Waals surface area contributed by atoms with Crippen LogP contribution < -0.4 is 5.32 Å². The summed E-state index contributed by atoms with van der Waals surface area (Å²) < 4.78 is 0. The average molecular weight is 378 g/mol. The molecule has 0 bridgehead atoms. The standard InChI is InChI=1S/C26H22N2O/c1-19-7-2-4-10-23(19)26-15-20(16-28-22-9-6-14-27-17-22)12-13-25(26)24-11-5-3-8-21(24)18-29/h2-15,17-18,28H,16H2,1H3. The zero-order valence-electron chi connectivity index (χ0n) is 16.3. The third kappa shape index (κ3) is 4.09. The monoisotopic (exact) mass is 378 g/mol. The van der Waals surface area contributed by atoms with Crippen molar-refractivity contribution in [2.45, 2.75) is 13.5 Å². The molecule has 1 aromatic heterocycles. The summed E-state index contributed by atoms with van der Waals surface area (Å²) in [7, 11) is 0. The topological polar surface area (TPSA) is 42.0 Å². The van der Waals surface area contributed by atoms with E-state index in [0.717, 1.165) is 28.7 Å². The molecule has 0 unspecified atom stereocenters. The highest BCUT2D eigenvalue weighted by Gasteiger charge is 2.13. The number of pyridine rings is 1. The molecule has 3 aromatic carbocycles. The summed E-state index contributed by atoms with van der Waals surface area (Å²) in [6.07, 6.45) is 4.51. The molecule has 0 radical (unpaired) electrons. The van der Waals surface area contributed by atoms with Crippen molar-refractivity contribution in [2.75, 3.05) is 5.32 Å². The van der Waals surface area contributed by atoms with Crippen LogP contribution in [0.2, 0.25) is 0 Å². The van der Waals surface area contributed by atoms with Gasteiger partial charge in [0.05, 0.1) is 5.69 Å². The fraction of sp³-hybridized carbons (Fsp3) is 0.0769. The van der Waals surface area contributed by atoms with E-state index in [1.807, 2.05) is 48.7 Å². The first-order valence-corrected chi connectivity index (χ1v) is 9.63. The van der Waals surface area contributed by atoms with Crippen molar-refractivity contribution in [1.82, 2.24) is 4.98 Å². The molecule has 0 spiro atoms. The first-order chi connectivity index (χ1) is 14.3. The van der Waals surface area contributed by atoms with Crippen LogP contribution in [0.1, 0.15) is 21.5 Å². The smallest absolute Gasteiger partial charge is 0.150 e. The largest absolute Gasteiger partial charge is 0.380 e. The van der Waals surface area contributed by atoms with Crippen LogP contribution in [-0.2, 0) is 6.54 Å². The maximum atomic E-state index is 11.6. The van der Waals surface area contributed by atoms with Gasteiger partial charge in [-0.3, -0.25) is 9.78 Å². The molecule has 4 aromatic rings. The van der Waals surface area contributed by atoms with Crippen molar-refractivity contribution in [2.24, 2.45) is 0 Å². The summed E-state index contributed by atoms with van der Waals surface area (Å²) >= 11 is 0. The molecule has 0 fully saturated rings. The third-order valence-electron chi connectivity index (χ3n) is 5.06. The van der Waals surface area contributed by atoms with Gasteiger partial charge in [0.15, 0.2) is 6.29 Å². The molecule has 4 rings (SSSR count). The molecule has 0 aliphatic heterocycles. The van der Waals surface area contributed by atoms with Gasteiger partial charge in [0.1, 0.15) is 0 Å². The molecule has 0 amide bonds. The fourth-order valence-electron chi connectivity index (χ4n) is 3.55. The number of nitrogens with zero attached hydrogens (tertiary/aromatic N) is 1. The van der Waals surface area contributed by atoms with Crippen LogP contribution in [0, 0.1) is 6.92 Å². The maximum Gasteiger partial charge on any atom is 0.150 e. The second-order valence-corrected chi connectivity index (χ2v) is 7.00. The molecule has 1 N–H and O–H groups in total. The van der Waals surface area contributed by atoms with Gasteiger partial charge in [-0.15, -0.1) is 0 Å². The van der Waals surface area contributed by atoms with Crippen molar-refractivity contribution < 1.29 is 4.79 Å². The van der Waals surface area contributed by atoms with Gasteiger partial charge in [-0.25, -0.2) is 0 Å². The Kier molecular flexibility index (Phi) is 5.48. The van der Waals surface area contributed by atoms with E-state index in [-0.39, 0.29) is 0 Å². The van der Waals surface area contributed by atoms with Crippen molar-refractivity contribution in [1.29, 1.82) is 0 Å². The Balaban J connectivity index is 1.79. The predicted molar refractivity (Wildman–Crippen MR) is 119 cm³/mol. The van der Waals surface area contributed by atoms with E-state index in [9.17, 15) is 4.79 Å². The van der Waals surface area contributed by atoms with Gasteiger partial charge >= 0.3 is 0 Å². The minimum absolute atomic E-state index is 0.695. The maximum absolute atomic E-state index is 11.6. The van der Waals surface area contributed by atoms with Crippen molar-refractivity contribution >= 4 is 12.0 Å². The molecule has 3 nitrogen and oxygen atoms in total. The predicted octanol–water partition coefficient (Wildman–Crippen LogP) is 6.15. The minimum atomic E-state index is 0.695. The molecule has 1 heterocycles. The molecule has 0 atom stereocenters. The normalized spacial score (nSPS) is 10.5. The number of anilines is 1. The first kappa shape index (κ1) is 18.6. The zero-order valence-corrected chi connectivity index (χ0v) is 16.3. The Labute approximate surface area is 171 Å². The fourth-order valence-corrected chi connectivity index (χ4v) is 3.55. The number of hydrogen-bond acceptors (Lipinski definition) is 3. The van der Waals surface area contributed by atoms with Gasteiger partial charge in [-0.05, 0) is 58.5 Å². The van der Waals surface area contributed by atoms with Gasteiger partial charge in [-0.1, -0.05) is 60.7 Å². The number of aryl methyl sites for hydroxylation is 1. The van der Waals surface area contributed by atoms with E-state index >= 15 is 0 Å². The number of carbonyl (C=O) groups is 1. The van der Waals surface area contributed by atoms with Gasteiger partial charge < -0.3 is 5.32 Å². The number of benzene rings is 3. The van der Waals surface area contributed by atoms with Crippen LogP contribution in [0.3, 0.4) is 0 Å². The summed E-state index contributed by atoms with van der Waals surface area (Å²) in [5.41, 5.74) is 8.37. The second-order valence-electron chi connectivity index (χ2n) is 7.00. The van der Waals surface area contributed by atoms with E-state index in [1.165, 1.54) is 16.7 Å². The minimum Gasteiger partial charge on any atom is -0.380 e. The van der Waals surface area contributed by atoms with Gasteiger partial charge in [0.25, 0.3) is 0 Å². The van der Waals surface area contributed by atoms with E-state index < -0.39 is 0 Å². The number of aldehydes is 1. The molecular weight excluding hydrogens is 356 g/mol. The average Bonchev–Trinajstić information content (AvgIpc) is 2.78. The Bertz CT molecular complexity index is 1140. The molecule has 0 saturated heterocycles. The van der Waals surface area contributed by atoms with Crippen LogP contribution in [0.4, 0.5) is 5.69 Å². The number of nitrogens with one attached hydrogen (secondary N) is 1. The highest BCUT2D eigenvalue weighted by molar-refractivity contribution is 5.93. The van der Waals surface area contributed by atoms with Crippen LogP contribution in [0.15, 0.2) is 91.3 Å². The third-order valence-corrected chi connectivity index (χ3v) is 5.06. The zero-order chi connectivity index (χ0) is 20.1. The van der Waals surface area contributed by atoms with Crippen LogP contribution >= 0.6 is 0 Å². The van der Waals surface area contributed by atoms with Crippen molar-refractivity contribution in [3.63, 3.8) is 0 Å². The Hall–Kier alpha value is -3.72. The van der Waals surface area contributed by atoms with E-state index in [2.05, 4.69) is 53.6 Å². The van der Waals surface area contributed by atoms with Gasteiger partial charge in [-0.2, -0.15) is 0 Å². The van der Waals surface area contributed by atoms with E-state index in [4.69, 9.17) is 0 Å². The quantitative estimate of drug-likeness (QED) is 0.409. The number of aromatic nitrogens is 1. The molecule has 29 heavy (non-hydrogen) atoms. The van der Waals surface area contributed by atoms with Gasteiger partial charge in [0.2, 0.25) is 0 Å². The lowest BCUT2D eigenvalue weighted by Crippen LogP contribution is -2.01. The first-order valence-electron chi connectivity index (χ1n) is 9.63. The summed E-state index contributed by atoms with van der Waals surface area (Å²) in [5.74, 6) is 0. The van der Waals surface area contributed by atoms with Crippen LogP contribution in [0.5, 0.6) is 0 Å². The Morgan fingerprint density at radius 3 is 2.38 bits per heavy atom. The lowest BCUT2D eigenvalue weighted by molar-refractivity contribution is 0.112. The van der Waals surface area contributed by atoms with Crippen molar-refractivity contribution in [3.8, 4) is 22.3 Å². The van der Waals surface area contributed by atoms with Crippen LogP contribution in [0.25, 0.3) is 22.3 Å². The molecule has 0 aliphatic carbocycles. The highest BCUT2D eigenvalue weighted by Crippen LogP contribution is 2.36. The van der Waals surface area contributed by atoms with E-state index in [1.54, 1.807) is 6.20 Å². The Morgan fingerprint density at radius 2 is 1.62 bits per heavy atom. The number of rotatable bonds is 6. The summed E-state index contributed by atoms with van der Waals surface area (Å²) in [5, 5.41) is 3.42. The summed E-state index contributed by atoms with van der Waals surface area (Å²) in [6, 6.07) is 26.5. The lowest BCUT2D eigenvalue weighted by Gasteiger charge is -2.16. The van der Waals surface area contributed by atoms with Crippen molar-refractivity contribution in [3.05, 3.63) is 108 Å². The molecular formula is C26H22N2O. The SMILES string of the molecule is Cc1ccccc1-c1cc(CNc2cccnc2)ccc1-c1ccccc1C=O. The summed E-state index contributed by atoms with van der Waals surface area (Å²) in [4.78, 5) is 15.8.